The van der Waals surface area contributed by atoms with Crippen LogP contribution in [-0.4, -0.2) is 29.9 Å². The van der Waals surface area contributed by atoms with Crippen LogP contribution in [-0.2, 0) is 0 Å². The Morgan fingerprint density at radius 1 is 1.35 bits per heavy atom. The second-order valence-electron chi connectivity index (χ2n) is 4.25. The molecule has 0 aromatic heterocycles. The minimum atomic E-state index is -0.825. The Kier molecular flexibility index (Phi) is 3.38. The first-order valence-corrected chi connectivity index (χ1v) is 5.58. The molecule has 5 heteroatoms. The van der Waals surface area contributed by atoms with Crippen LogP contribution in [0.1, 0.15) is 23.2 Å². The van der Waals surface area contributed by atoms with E-state index in [-0.39, 0.29) is 6.04 Å². The van der Waals surface area contributed by atoms with E-state index in [0.29, 0.717) is 13.1 Å². The normalized spacial score (nSPS) is 20.4. The molecule has 0 spiro atoms. The van der Waals surface area contributed by atoms with Gasteiger partial charge in [0.25, 0.3) is 5.91 Å². The van der Waals surface area contributed by atoms with Gasteiger partial charge in [0, 0.05) is 19.1 Å². The molecule has 1 heterocycles. The van der Waals surface area contributed by atoms with Crippen molar-refractivity contribution in [3.63, 3.8) is 0 Å². The van der Waals surface area contributed by atoms with Gasteiger partial charge in [0.2, 0.25) is 0 Å². The molecule has 0 bridgehead atoms. The van der Waals surface area contributed by atoms with E-state index in [1.807, 2.05) is 0 Å². The average molecular weight is 240 g/mol. The average Bonchev–Trinajstić information content (AvgIpc) is 2.28. The van der Waals surface area contributed by atoms with E-state index in [1.54, 1.807) is 0 Å². The number of benzene rings is 1. The second kappa shape index (κ2) is 4.79. The molecule has 2 N–H and O–H groups in total. The summed E-state index contributed by atoms with van der Waals surface area (Å²) in [5.74, 6) is -2.26. The molecule has 1 saturated heterocycles. The van der Waals surface area contributed by atoms with Gasteiger partial charge in [-0.1, -0.05) is 6.07 Å². The Bertz CT molecular complexity index is 416. The molecule has 1 amide bonds. The van der Waals surface area contributed by atoms with Gasteiger partial charge in [-0.05, 0) is 25.0 Å². The molecule has 1 unspecified atom stereocenters. The SMILES string of the molecule is NC1CCCN(C(=O)c2c(F)cccc2F)C1. The van der Waals surface area contributed by atoms with Gasteiger partial charge in [0.15, 0.2) is 0 Å². The van der Waals surface area contributed by atoms with Crippen LogP contribution in [0.25, 0.3) is 0 Å². The van der Waals surface area contributed by atoms with Gasteiger partial charge in [-0.3, -0.25) is 4.79 Å². The van der Waals surface area contributed by atoms with E-state index in [2.05, 4.69) is 0 Å². The molecule has 0 radical (unpaired) electrons. The molecule has 0 saturated carbocycles. The smallest absolute Gasteiger partial charge is 0.259 e. The predicted molar refractivity (Wildman–Crippen MR) is 59.5 cm³/mol. The van der Waals surface area contributed by atoms with Crippen molar-refractivity contribution in [3.8, 4) is 0 Å². The van der Waals surface area contributed by atoms with E-state index in [1.165, 1.54) is 11.0 Å². The third kappa shape index (κ3) is 2.44. The van der Waals surface area contributed by atoms with Crippen LogP contribution in [0.5, 0.6) is 0 Å². The maximum absolute atomic E-state index is 13.4. The number of piperidine rings is 1. The first-order chi connectivity index (χ1) is 8.09. The fraction of sp³-hybridized carbons (Fsp3) is 0.417. The standard InChI is InChI=1S/C12H14F2N2O/c13-9-4-1-5-10(14)11(9)12(17)16-6-2-3-8(15)7-16/h1,4-5,8H,2-3,6-7,15H2. The summed E-state index contributed by atoms with van der Waals surface area (Å²) in [6, 6.07) is 3.30. The summed E-state index contributed by atoms with van der Waals surface area (Å²) in [4.78, 5) is 13.4. The van der Waals surface area contributed by atoms with Crippen molar-refractivity contribution in [1.29, 1.82) is 0 Å². The number of hydrogen-bond donors (Lipinski definition) is 1. The number of rotatable bonds is 1. The maximum atomic E-state index is 13.4. The Hall–Kier alpha value is -1.49. The lowest BCUT2D eigenvalue weighted by molar-refractivity contribution is 0.0699. The summed E-state index contributed by atoms with van der Waals surface area (Å²) in [6.07, 6.45) is 1.60. The van der Waals surface area contributed by atoms with Crippen LogP contribution in [0.4, 0.5) is 8.78 Å². The number of nitrogens with zero attached hydrogens (tertiary/aromatic N) is 1. The molecule has 17 heavy (non-hydrogen) atoms. The zero-order chi connectivity index (χ0) is 12.4. The van der Waals surface area contributed by atoms with Gasteiger partial charge in [-0.15, -0.1) is 0 Å². The third-order valence-corrected chi connectivity index (χ3v) is 2.92. The number of amides is 1. The van der Waals surface area contributed by atoms with Gasteiger partial charge < -0.3 is 10.6 Å². The van der Waals surface area contributed by atoms with Gasteiger partial charge >= 0.3 is 0 Å². The zero-order valence-corrected chi connectivity index (χ0v) is 9.33. The van der Waals surface area contributed by atoms with Crippen molar-refractivity contribution in [2.45, 2.75) is 18.9 Å². The van der Waals surface area contributed by atoms with Crippen LogP contribution >= 0.6 is 0 Å². The topological polar surface area (TPSA) is 46.3 Å². The van der Waals surface area contributed by atoms with Crippen molar-refractivity contribution >= 4 is 5.91 Å². The largest absolute Gasteiger partial charge is 0.337 e. The summed E-state index contributed by atoms with van der Waals surface area (Å²) in [7, 11) is 0. The van der Waals surface area contributed by atoms with Crippen molar-refractivity contribution in [2.75, 3.05) is 13.1 Å². The monoisotopic (exact) mass is 240 g/mol. The van der Waals surface area contributed by atoms with E-state index in [0.717, 1.165) is 25.0 Å². The fourth-order valence-corrected chi connectivity index (χ4v) is 2.05. The third-order valence-electron chi connectivity index (χ3n) is 2.92. The lowest BCUT2D eigenvalue weighted by Gasteiger charge is -2.30. The second-order valence-corrected chi connectivity index (χ2v) is 4.25. The summed E-state index contributed by atoms with van der Waals surface area (Å²) in [6.45, 7) is 0.854. The van der Waals surface area contributed by atoms with Crippen LogP contribution in [0, 0.1) is 11.6 Å². The Morgan fingerprint density at radius 2 is 2.00 bits per heavy atom. The quantitative estimate of drug-likeness (QED) is 0.809. The summed E-state index contributed by atoms with van der Waals surface area (Å²) < 4.78 is 26.9. The molecule has 3 nitrogen and oxygen atoms in total. The van der Waals surface area contributed by atoms with Gasteiger partial charge in [-0.25, -0.2) is 8.78 Å². The number of likely N-dealkylation sites (tertiary alicyclic amines) is 1. The van der Waals surface area contributed by atoms with Crippen molar-refractivity contribution in [1.82, 2.24) is 4.90 Å². The molecule has 92 valence electrons. The summed E-state index contributed by atoms with van der Waals surface area (Å²) in [5, 5.41) is 0. The number of hydrogen-bond acceptors (Lipinski definition) is 2. The number of carbonyl (C=O) groups is 1. The van der Waals surface area contributed by atoms with Crippen molar-refractivity contribution in [3.05, 3.63) is 35.4 Å². The Labute approximate surface area is 98.2 Å². The molecule has 1 aliphatic rings. The molecule has 1 fully saturated rings. The molecule has 1 aliphatic heterocycles. The predicted octanol–water partition coefficient (Wildman–Crippen LogP) is 1.53. The van der Waals surface area contributed by atoms with Gasteiger partial charge in [0.1, 0.15) is 17.2 Å². The first-order valence-electron chi connectivity index (χ1n) is 5.58. The van der Waals surface area contributed by atoms with E-state index >= 15 is 0 Å². The minimum absolute atomic E-state index is 0.109. The zero-order valence-electron chi connectivity index (χ0n) is 9.33. The molecule has 1 aromatic rings. The maximum Gasteiger partial charge on any atom is 0.259 e. The summed E-state index contributed by atoms with van der Waals surface area (Å²) in [5.41, 5.74) is 5.25. The van der Waals surface area contributed by atoms with Crippen molar-refractivity contribution < 1.29 is 13.6 Å². The van der Waals surface area contributed by atoms with Gasteiger partial charge in [-0.2, -0.15) is 0 Å². The number of halogens is 2. The molecule has 1 atom stereocenters. The highest BCUT2D eigenvalue weighted by Crippen LogP contribution is 2.17. The molecular weight excluding hydrogens is 226 g/mol. The Morgan fingerprint density at radius 3 is 2.59 bits per heavy atom. The Balaban J connectivity index is 2.24. The van der Waals surface area contributed by atoms with Crippen LogP contribution in [0.2, 0.25) is 0 Å². The van der Waals surface area contributed by atoms with E-state index in [4.69, 9.17) is 5.73 Å². The van der Waals surface area contributed by atoms with E-state index < -0.39 is 23.1 Å². The highest BCUT2D eigenvalue weighted by atomic mass is 19.1. The number of carbonyl (C=O) groups excluding carboxylic acids is 1. The van der Waals surface area contributed by atoms with E-state index in [9.17, 15) is 13.6 Å². The van der Waals surface area contributed by atoms with Crippen LogP contribution in [0.3, 0.4) is 0 Å². The van der Waals surface area contributed by atoms with Crippen LogP contribution < -0.4 is 5.73 Å². The molecular formula is C12H14F2N2O. The fourth-order valence-electron chi connectivity index (χ4n) is 2.05. The summed E-state index contributed by atoms with van der Waals surface area (Å²) >= 11 is 0. The molecule has 2 rings (SSSR count). The lowest BCUT2D eigenvalue weighted by Crippen LogP contribution is -2.46. The lowest BCUT2D eigenvalue weighted by atomic mass is 10.0. The van der Waals surface area contributed by atoms with Crippen LogP contribution in [0.15, 0.2) is 18.2 Å². The first kappa shape index (κ1) is 12.0. The minimum Gasteiger partial charge on any atom is -0.337 e. The highest BCUT2D eigenvalue weighted by molar-refractivity contribution is 5.94. The van der Waals surface area contributed by atoms with Crippen molar-refractivity contribution in [2.24, 2.45) is 5.73 Å². The van der Waals surface area contributed by atoms with Gasteiger partial charge in [0.05, 0.1) is 0 Å². The molecule has 0 aliphatic carbocycles. The number of nitrogens with two attached hydrogens (primary N) is 1. The highest BCUT2D eigenvalue weighted by Gasteiger charge is 2.26. The molecule has 1 aromatic carbocycles.